The Morgan fingerprint density at radius 1 is 1.21 bits per heavy atom. The first-order valence-corrected chi connectivity index (χ1v) is 4.96. The minimum atomic E-state index is 1.03. The lowest BCUT2D eigenvalue weighted by Crippen LogP contribution is -2.11. The smallest absolute Gasteiger partial charge is 0.000991 e. The van der Waals surface area contributed by atoms with Gasteiger partial charge in [-0.3, -0.25) is 0 Å². The maximum absolute atomic E-state index is 3.87. The molecule has 0 unspecified atom stereocenters. The second-order valence-electron chi connectivity index (χ2n) is 3.45. The molecule has 0 rings (SSSR count). The number of rotatable bonds is 6. The molecule has 0 aromatic carbocycles. The number of hydrogen-bond acceptors (Lipinski definition) is 1. The summed E-state index contributed by atoms with van der Waals surface area (Å²) in [7, 11) is 4.16. The van der Waals surface area contributed by atoms with Crippen LogP contribution < -0.4 is 0 Å². The molecule has 0 amide bonds. The highest BCUT2D eigenvalue weighted by molar-refractivity contribution is 5.28. The first kappa shape index (κ1) is 12.9. The molecule has 0 heterocycles. The van der Waals surface area contributed by atoms with E-state index >= 15 is 0 Å². The van der Waals surface area contributed by atoms with Gasteiger partial charge in [-0.1, -0.05) is 43.0 Å². The summed E-state index contributed by atoms with van der Waals surface area (Å²) in [6, 6.07) is 0. The number of hydrogen-bond donors (Lipinski definition) is 0. The van der Waals surface area contributed by atoms with Gasteiger partial charge in [0.2, 0.25) is 0 Å². The van der Waals surface area contributed by atoms with Crippen LogP contribution in [-0.2, 0) is 0 Å². The standard InChI is InChI=1S/C13H21N/c1-5-10-13(2)11-8-6-7-9-12-14(3)4/h5-8,10-11H,2,9,12H2,1,3-4H3/b7-6-,10-5-,11-8-. The van der Waals surface area contributed by atoms with Gasteiger partial charge in [0.05, 0.1) is 0 Å². The van der Waals surface area contributed by atoms with Crippen LogP contribution in [-0.4, -0.2) is 25.5 Å². The highest BCUT2D eigenvalue weighted by Gasteiger charge is 1.83. The summed E-state index contributed by atoms with van der Waals surface area (Å²) >= 11 is 0. The molecule has 0 atom stereocenters. The van der Waals surface area contributed by atoms with E-state index in [0.29, 0.717) is 0 Å². The number of nitrogens with zero attached hydrogens (tertiary/aromatic N) is 1. The molecule has 0 fully saturated rings. The first-order chi connectivity index (χ1) is 6.66. The molecular weight excluding hydrogens is 170 g/mol. The van der Waals surface area contributed by atoms with Crippen molar-refractivity contribution in [2.75, 3.05) is 20.6 Å². The molecule has 0 bridgehead atoms. The van der Waals surface area contributed by atoms with Gasteiger partial charge in [-0.15, -0.1) is 0 Å². The summed E-state index contributed by atoms with van der Waals surface area (Å²) < 4.78 is 0. The molecule has 0 saturated heterocycles. The fourth-order valence-electron chi connectivity index (χ4n) is 0.956. The van der Waals surface area contributed by atoms with E-state index in [1.165, 1.54) is 0 Å². The minimum absolute atomic E-state index is 1.03. The van der Waals surface area contributed by atoms with Crippen LogP contribution in [0.25, 0.3) is 0 Å². The van der Waals surface area contributed by atoms with Crippen LogP contribution in [0.15, 0.2) is 48.6 Å². The van der Waals surface area contributed by atoms with Gasteiger partial charge in [0, 0.05) is 6.54 Å². The molecule has 0 aliphatic rings. The monoisotopic (exact) mass is 191 g/mol. The van der Waals surface area contributed by atoms with Crippen LogP contribution in [0.1, 0.15) is 13.3 Å². The van der Waals surface area contributed by atoms with Gasteiger partial charge in [0.1, 0.15) is 0 Å². The highest BCUT2D eigenvalue weighted by Crippen LogP contribution is 1.95. The second kappa shape index (κ2) is 8.52. The lowest BCUT2D eigenvalue weighted by Gasteiger charge is -2.04. The summed E-state index contributed by atoms with van der Waals surface area (Å²) in [4.78, 5) is 2.17. The molecule has 1 heteroatoms. The predicted octanol–water partition coefficient (Wildman–Crippen LogP) is 3.18. The molecule has 0 spiro atoms. The van der Waals surface area contributed by atoms with Gasteiger partial charge in [0.15, 0.2) is 0 Å². The molecule has 1 nitrogen and oxygen atoms in total. The average Bonchev–Trinajstić information content (AvgIpc) is 2.11. The predicted molar refractivity (Wildman–Crippen MR) is 65.4 cm³/mol. The van der Waals surface area contributed by atoms with Crippen LogP contribution in [0.5, 0.6) is 0 Å². The van der Waals surface area contributed by atoms with Crippen molar-refractivity contribution < 1.29 is 0 Å². The van der Waals surface area contributed by atoms with Gasteiger partial charge < -0.3 is 4.90 Å². The van der Waals surface area contributed by atoms with Crippen LogP contribution in [0.2, 0.25) is 0 Å². The largest absolute Gasteiger partial charge is 0.309 e. The van der Waals surface area contributed by atoms with E-state index in [4.69, 9.17) is 0 Å². The quantitative estimate of drug-likeness (QED) is 0.583. The normalized spacial score (nSPS) is 12.6. The topological polar surface area (TPSA) is 3.24 Å². The Labute approximate surface area is 88.1 Å². The zero-order valence-electron chi connectivity index (χ0n) is 9.53. The summed E-state index contributed by atoms with van der Waals surface area (Å²) in [5.41, 5.74) is 1.03. The van der Waals surface area contributed by atoms with Crippen molar-refractivity contribution in [2.45, 2.75) is 13.3 Å². The van der Waals surface area contributed by atoms with Gasteiger partial charge in [-0.05, 0) is 33.0 Å². The Kier molecular flexibility index (Phi) is 7.86. The third-order valence-corrected chi connectivity index (χ3v) is 1.68. The Balaban J connectivity index is 3.65. The van der Waals surface area contributed by atoms with Crippen LogP contribution in [0.4, 0.5) is 0 Å². The van der Waals surface area contributed by atoms with E-state index in [1.54, 1.807) is 0 Å². The molecule has 0 aliphatic carbocycles. The molecular formula is C13H21N. The van der Waals surface area contributed by atoms with E-state index < -0.39 is 0 Å². The van der Waals surface area contributed by atoms with E-state index in [1.807, 2.05) is 31.2 Å². The van der Waals surface area contributed by atoms with Crippen LogP contribution >= 0.6 is 0 Å². The lowest BCUT2D eigenvalue weighted by atomic mass is 10.2. The molecule has 0 radical (unpaired) electrons. The van der Waals surface area contributed by atoms with Crippen molar-refractivity contribution in [1.29, 1.82) is 0 Å². The maximum atomic E-state index is 3.87. The molecule has 0 N–H and O–H groups in total. The van der Waals surface area contributed by atoms with E-state index in [0.717, 1.165) is 18.5 Å². The summed E-state index contributed by atoms with van der Waals surface area (Å²) in [5.74, 6) is 0. The Morgan fingerprint density at radius 2 is 1.93 bits per heavy atom. The van der Waals surface area contributed by atoms with Crippen molar-refractivity contribution >= 4 is 0 Å². The van der Waals surface area contributed by atoms with E-state index in [2.05, 4.69) is 37.7 Å². The third kappa shape index (κ3) is 9.01. The Bertz CT molecular complexity index is 232. The van der Waals surface area contributed by atoms with Gasteiger partial charge in [-0.25, -0.2) is 0 Å². The third-order valence-electron chi connectivity index (χ3n) is 1.68. The second-order valence-corrected chi connectivity index (χ2v) is 3.45. The fraction of sp³-hybridized carbons (Fsp3) is 0.385. The highest BCUT2D eigenvalue weighted by atomic mass is 15.0. The molecule has 0 aromatic rings. The Morgan fingerprint density at radius 3 is 2.50 bits per heavy atom. The van der Waals surface area contributed by atoms with E-state index in [-0.39, 0.29) is 0 Å². The summed E-state index contributed by atoms with van der Waals surface area (Å²) in [6.07, 6.45) is 13.3. The van der Waals surface area contributed by atoms with Gasteiger partial charge in [-0.2, -0.15) is 0 Å². The van der Waals surface area contributed by atoms with Crippen molar-refractivity contribution in [3.63, 3.8) is 0 Å². The summed E-state index contributed by atoms with van der Waals surface area (Å²) in [6.45, 7) is 6.96. The fourth-order valence-corrected chi connectivity index (χ4v) is 0.956. The Hall–Kier alpha value is -1.08. The van der Waals surface area contributed by atoms with Crippen LogP contribution in [0, 0.1) is 0 Å². The molecule has 0 aliphatic heterocycles. The van der Waals surface area contributed by atoms with Crippen LogP contribution in [0.3, 0.4) is 0 Å². The van der Waals surface area contributed by atoms with E-state index in [9.17, 15) is 0 Å². The zero-order chi connectivity index (χ0) is 10.8. The zero-order valence-corrected chi connectivity index (χ0v) is 9.53. The number of allylic oxidation sites excluding steroid dienone is 6. The van der Waals surface area contributed by atoms with Gasteiger partial charge >= 0.3 is 0 Å². The molecule has 0 aromatic heterocycles. The van der Waals surface area contributed by atoms with Crippen molar-refractivity contribution in [3.05, 3.63) is 48.6 Å². The average molecular weight is 191 g/mol. The maximum Gasteiger partial charge on any atom is 0.000991 e. The van der Waals surface area contributed by atoms with Crippen molar-refractivity contribution in [1.82, 2.24) is 4.90 Å². The molecule has 14 heavy (non-hydrogen) atoms. The molecule has 0 saturated carbocycles. The lowest BCUT2D eigenvalue weighted by molar-refractivity contribution is 0.417. The minimum Gasteiger partial charge on any atom is -0.309 e. The van der Waals surface area contributed by atoms with Crippen molar-refractivity contribution in [3.8, 4) is 0 Å². The first-order valence-electron chi connectivity index (χ1n) is 4.96. The molecule has 78 valence electrons. The summed E-state index contributed by atoms with van der Waals surface area (Å²) in [5, 5.41) is 0. The van der Waals surface area contributed by atoms with Crippen molar-refractivity contribution in [2.24, 2.45) is 0 Å². The SMILES string of the molecule is C=C(/C=C\C)/C=C\C=C/CCN(C)C. The van der Waals surface area contributed by atoms with Gasteiger partial charge in [0.25, 0.3) is 0 Å².